The number of ketones is 1. The predicted octanol–water partition coefficient (Wildman–Crippen LogP) is 5.21. The maximum absolute atomic E-state index is 12.7. The number of hydrogen-bond acceptors (Lipinski definition) is 4. The molecular formula is C20H16ClN3OS. The van der Waals surface area contributed by atoms with Gasteiger partial charge in [-0.15, -0.1) is 10.2 Å². The number of aryl methyl sites for hydroxylation is 1. The molecule has 2 aromatic carbocycles. The van der Waals surface area contributed by atoms with Crippen molar-refractivity contribution < 1.29 is 4.79 Å². The molecule has 2 aromatic heterocycles. The summed E-state index contributed by atoms with van der Waals surface area (Å²) < 4.78 is 2.01. The number of para-hydroxylation sites is 1. The van der Waals surface area contributed by atoms with Crippen LogP contribution in [-0.4, -0.2) is 25.6 Å². The summed E-state index contributed by atoms with van der Waals surface area (Å²) >= 11 is 7.32. The molecule has 0 aliphatic heterocycles. The van der Waals surface area contributed by atoms with E-state index in [1.54, 1.807) is 24.3 Å². The lowest BCUT2D eigenvalue weighted by Gasteiger charge is -2.11. The lowest BCUT2D eigenvalue weighted by atomic mass is 10.1. The zero-order valence-corrected chi connectivity index (χ0v) is 15.9. The molecule has 0 aliphatic rings. The molecule has 0 aliphatic carbocycles. The van der Waals surface area contributed by atoms with Gasteiger partial charge in [0.15, 0.2) is 16.6 Å². The van der Waals surface area contributed by atoms with E-state index in [-0.39, 0.29) is 11.0 Å². The number of fused-ring (bicyclic) bond motifs is 3. The van der Waals surface area contributed by atoms with Gasteiger partial charge in [-0.3, -0.25) is 9.20 Å². The van der Waals surface area contributed by atoms with Crippen molar-refractivity contribution in [2.75, 3.05) is 0 Å². The maximum Gasteiger partial charge on any atom is 0.196 e. The minimum Gasteiger partial charge on any atom is -0.293 e. The van der Waals surface area contributed by atoms with Crippen molar-refractivity contribution in [1.82, 2.24) is 14.6 Å². The van der Waals surface area contributed by atoms with Gasteiger partial charge in [-0.2, -0.15) is 0 Å². The monoisotopic (exact) mass is 381 g/mol. The van der Waals surface area contributed by atoms with Crippen molar-refractivity contribution >= 4 is 45.7 Å². The van der Waals surface area contributed by atoms with E-state index < -0.39 is 0 Å². The highest BCUT2D eigenvalue weighted by atomic mass is 35.5. The second-order valence-corrected chi connectivity index (χ2v) is 7.90. The molecule has 0 fully saturated rings. The highest BCUT2D eigenvalue weighted by molar-refractivity contribution is 8.00. The van der Waals surface area contributed by atoms with Crippen LogP contribution >= 0.6 is 23.4 Å². The number of hydrogen-bond donors (Lipinski definition) is 0. The standard InChI is InChI=1S/C20H16ClN3OS/c1-12-11-18-22-23-20(24(18)17-6-4-3-5-16(12)17)26-13(2)19(25)14-7-9-15(21)10-8-14/h3-11,13H,1-2H3. The molecular weight excluding hydrogens is 366 g/mol. The summed E-state index contributed by atoms with van der Waals surface area (Å²) in [7, 11) is 0. The molecule has 6 heteroatoms. The quantitative estimate of drug-likeness (QED) is 0.359. The van der Waals surface area contributed by atoms with Crippen LogP contribution < -0.4 is 0 Å². The lowest BCUT2D eigenvalue weighted by molar-refractivity contribution is 0.0994. The van der Waals surface area contributed by atoms with Gasteiger partial charge >= 0.3 is 0 Å². The number of rotatable bonds is 4. The van der Waals surface area contributed by atoms with Crippen molar-refractivity contribution in [3.63, 3.8) is 0 Å². The average Bonchev–Trinajstić information content (AvgIpc) is 3.04. The normalized spacial score (nSPS) is 12.6. The van der Waals surface area contributed by atoms with Crippen molar-refractivity contribution in [3.05, 3.63) is 70.7 Å². The molecule has 130 valence electrons. The molecule has 26 heavy (non-hydrogen) atoms. The van der Waals surface area contributed by atoms with E-state index in [1.165, 1.54) is 11.8 Å². The highest BCUT2D eigenvalue weighted by Crippen LogP contribution is 2.29. The molecule has 0 N–H and O–H groups in total. The molecule has 0 saturated carbocycles. The minimum atomic E-state index is -0.288. The van der Waals surface area contributed by atoms with Crippen molar-refractivity contribution in [3.8, 4) is 0 Å². The smallest absolute Gasteiger partial charge is 0.196 e. The summed E-state index contributed by atoms with van der Waals surface area (Å²) in [5.41, 5.74) is 3.63. The SMILES string of the molecule is Cc1cc2nnc(SC(C)C(=O)c3ccc(Cl)cc3)n2c2ccccc12. The molecule has 0 bridgehead atoms. The first-order chi connectivity index (χ1) is 12.5. The van der Waals surface area contributed by atoms with Crippen LogP contribution in [0.15, 0.2) is 59.8 Å². The number of carbonyl (C=O) groups is 1. The molecule has 1 unspecified atom stereocenters. The van der Waals surface area contributed by atoms with Crippen LogP contribution in [0, 0.1) is 6.92 Å². The Labute approximate surface area is 160 Å². The van der Waals surface area contributed by atoms with Gasteiger partial charge in [0.05, 0.1) is 10.8 Å². The zero-order valence-electron chi connectivity index (χ0n) is 14.3. The van der Waals surface area contributed by atoms with Crippen LogP contribution in [0.4, 0.5) is 0 Å². The van der Waals surface area contributed by atoms with Crippen LogP contribution in [0.3, 0.4) is 0 Å². The van der Waals surface area contributed by atoms with Crippen LogP contribution in [0.1, 0.15) is 22.8 Å². The number of halogens is 1. The molecule has 4 rings (SSSR count). The third-order valence-electron chi connectivity index (χ3n) is 4.35. The molecule has 0 spiro atoms. The number of aromatic nitrogens is 3. The van der Waals surface area contributed by atoms with Crippen molar-refractivity contribution in [2.45, 2.75) is 24.3 Å². The fourth-order valence-corrected chi connectivity index (χ4v) is 4.08. The Kier molecular flexibility index (Phi) is 4.42. The first kappa shape index (κ1) is 17.1. The summed E-state index contributed by atoms with van der Waals surface area (Å²) in [6, 6.07) is 17.1. The number of benzene rings is 2. The molecule has 0 amide bonds. The summed E-state index contributed by atoms with van der Waals surface area (Å²) in [6.07, 6.45) is 0. The fraction of sp³-hybridized carbons (Fsp3) is 0.150. The van der Waals surface area contributed by atoms with E-state index in [1.807, 2.05) is 29.5 Å². The summed E-state index contributed by atoms with van der Waals surface area (Å²) in [5.74, 6) is 0.0415. The number of carbonyl (C=O) groups excluding carboxylic acids is 1. The van der Waals surface area contributed by atoms with Crippen LogP contribution in [-0.2, 0) is 0 Å². The first-order valence-corrected chi connectivity index (χ1v) is 9.50. The molecule has 4 nitrogen and oxygen atoms in total. The molecule has 4 aromatic rings. The number of nitrogens with zero attached hydrogens (tertiary/aromatic N) is 3. The number of pyridine rings is 1. The Hall–Kier alpha value is -2.37. The highest BCUT2D eigenvalue weighted by Gasteiger charge is 2.20. The Bertz CT molecular complexity index is 1120. The number of Topliss-reactive ketones (excluding diaryl/α,β-unsaturated/α-hetero) is 1. The lowest BCUT2D eigenvalue weighted by Crippen LogP contribution is -2.14. The maximum atomic E-state index is 12.7. The van der Waals surface area contributed by atoms with Gasteiger partial charge in [-0.25, -0.2) is 0 Å². The van der Waals surface area contributed by atoms with Gasteiger partial charge in [0, 0.05) is 16.0 Å². The van der Waals surface area contributed by atoms with Crippen molar-refractivity contribution in [1.29, 1.82) is 0 Å². The largest absolute Gasteiger partial charge is 0.293 e. The van der Waals surface area contributed by atoms with Crippen molar-refractivity contribution in [2.24, 2.45) is 0 Å². The third-order valence-corrected chi connectivity index (χ3v) is 5.65. The molecule has 2 heterocycles. The molecule has 0 saturated heterocycles. The predicted molar refractivity (Wildman–Crippen MR) is 106 cm³/mol. The Morgan fingerprint density at radius 2 is 1.85 bits per heavy atom. The first-order valence-electron chi connectivity index (χ1n) is 8.24. The average molecular weight is 382 g/mol. The number of thioether (sulfide) groups is 1. The second kappa shape index (κ2) is 6.74. The second-order valence-electron chi connectivity index (χ2n) is 6.15. The van der Waals surface area contributed by atoms with E-state index in [0.717, 1.165) is 22.1 Å². The Morgan fingerprint density at radius 3 is 2.62 bits per heavy atom. The molecule has 0 radical (unpaired) electrons. The van der Waals surface area contributed by atoms with Gasteiger partial charge in [0.25, 0.3) is 0 Å². The van der Waals surface area contributed by atoms with E-state index in [4.69, 9.17) is 11.6 Å². The minimum absolute atomic E-state index is 0.0415. The third kappa shape index (κ3) is 2.97. The summed E-state index contributed by atoms with van der Waals surface area (Å²) in [5, 5.41) is 10.8. The molecule has 1 atom stereocenters. The zero-order chi connectivity index (χ0) is 18.3. The van der Waals surface area contributed by atoms with Gasteiger partial charge in [0.1, 0.15) is 0 Å². The van der Waals surface area contributed by atoms with E-state index in [2.05, 4.69) is 29.3 Å². The van der Waals surface area contributed by atoms with E-state index in [0.29, 0.717) is 15.7 Å². The van der Waals surface area contributed by atoms with Gasteiger partial charge in [0.2, 0.25) is 0 Å². The van der Waals surface area contributed by atoms with E-state index >= 15 is 0 Å². The van der Waals surface area contributed by atoms with Crippen LogP contribution in [0.25, 0.3) is 16.6 Å². The van der Waals surface area contributed by atoms with Crippen LogP contribution in [0.5, 0.6) is 0 Å². The van der Waals surface area contributed by atoms with Gasteiger partial charge in [-0.1, -0.05) is 41.6 Å². The van der Waals surface area contributed by atoms with Gasteiger partial charge < -0.3 is 0 Å². The summed E-state index contributed by atoms with van der Waals surface area (Å²) in [6.45, 7) is 3.95. The Morgan fingerprint density at radius 1 is 1.12 bits per heavy atom. The topological polar surface area (TPSA) is 47.3 Å². The van der Waals surface area contributed by atoms with Gasteiger partial charge in [-0.05, 0) is 55.8 Å². The van der Waals surface area contributed by atoms with E-state index in [9.17, 15) is 4.79 Å². The summed E-state index contributed by atoms with van der Waals surface area (Å²) in [4.78, 5) is 12.7. The Balaban J connectivity index is 1.72. The van der Waals surface area contributed by atoms with Crippen LogP contribution in [0.2, 0.25) is 5.02 Å². The fourth-order valence-electron chi connectivity index (χ4n) is 3.01.